The monoisotopic (exact) mass is 521 g/mol. The third kappa shape index (κ3) is 6.11. The molecule has 35 heavy (non-hydrogen) atoms. The van der Waals surface area contributed by atoms with Crippen LogP contribution in [0.2, 0.25) is 0 Å². The second-order valence-corrected chi connectivity index (χ2v) is 12.4. The minimum absolute atomic E-state index is 0.00171. The highest BCUT2D eigenvalue weighted by molar-refractivity contribution is 7.89. The van der Waals surface area contributed by atoms with E-state index in [1.807, 2.05) is 6.92 Å². The zero-order valence-corrected chi connectivity index (χ0v) is 22.2. The van der Waals surface area contributed by atoms with Gasteiger partial charge in [0.1, 0.15) is 0 Å². The Morgan fingerprint density at radius 2 is 1.51 bits per heavy atom. The number of hydrogen-bond acceptors (Lipinski definition) is 6. The molecule has 0 bridgehead atoms. The number of nitrogens with one attached hydrogen (secondary N) is 1. The fourth-order valence-corrected chi connectivity index (χ4v) is 7.61. The van der Waals surface area contributed by atoms with Crippen LogP contribution in [-0.2, 0) is 20.0 Å². The lowest BCUT2D eigenvalue weighted by Gasteiger charge is -2.34. The van der Waals surface area contributed by atoms with Crippen LogP contribution in [-0.4, -0.2) is 63.5 Å². The molecule has 2 aromatic carbocycles. The van der Waals surface area contributed by atoms with Gasteiger partial charge in [-0.2, -0.15) is 8.61 Å². The zero-order valence-electron chi connectivity index (χ0n) is 20.6. The van der Waals surface area contributed by atoms with Crippen molar-refractivity contribution >= 4 is 31.5 Å². The van der Waals surface area contributed by atoms with Crippen LogP contribution in [0.15, 0.2) is 58.3 Å². The molecule has 3 rings (SSSR count). The lowest BCUT2D eigenvalue weighted by Crippen LogP contribution is -2.43. The number of ketones is 1. The standard InChI is InChI=1S/C25H35N3O5S2/c1-4-22-9-7-8-18-28(22)35(32,33)24-16-12-21(13-17-24)26-19-25(29)20-10-14-23(15-11-20)34(30,31)27(5-2)6-3/h10-17,22,26H,4-9,18-19H2,1-3H3. The van der Waals surface area contributed by atoms with Crippen LogP contribution in [0.3, 0.4) is 0 Å². The van der Waals surface area contributed by atoms with Crippen LogP contribution < -0.4 is 5.32 Å². The summed E-state index contributed by atoms with van der Waals surface area (Å²) in [6.45, 7) is 6.87. The van der Waals surface area contributed by atoms with Gasteiger partial charge in [-0.05, 0) is 67.8 Å². The van der Waals surface area contributed by atoms with E-state index >= 15 is 0 Å². The molecule has 0 aromatic heterocycles. The number of benzene rings is 2. The Morgan fingerprint density at radius 3 is 2.09 bits per heavy atom. The number of rotatable bonds is 11. The van der Waals surface area contributed by atoms with Crippen LogP contribution in [0.25, 0.3) is 0 Å². The fourth-order valence-electron chi connectivity index (χ4n) is 4.39. The molecule has 192 valence electrons. The minimum atomic E-state index is -3.57. The highest BCUT2D eigenvalue weighted by Crippen LogP contribution is 2.27. The van der Waals surface area contributed by atoms with Crippen molar-refractivity contribution in [2.45, 2.75) is 62.3 Å². The predicted molar refractivity (Wildman–Crippen MR) is 138 cm³/mol. The van der Waals surface area contributed by atoms with Gasteiger partial charge in [0.2, 0.25) is 20.0 Å². The first-order valence-corrected chi connectivity index (χ1v) is 15.0. The van der Waals surface area contributed by atoms with E-state index in [9.17, 15) is 21.6 Å². The summed E-state index contributed by atoms with van der Waals surface area (Å²) in [5.74, 6) is -0.201. The van der Waals surface area contributed by atoms with Gasteiger partial charge in [0, 0.05) is 36.9 Å². The molecule has 2 aromatic rings. The average molecular weight is 522 g/mol. The normalized spacial score (nSPS) is 17.4. The van der Waals surface area contributed by atoms with E-state index in [-0.39, 0.29) is 28.2 Å². The van der Waals surface area contributed by atoms with E-state index in [0.717, 1.165) is 25.7 Å². The molecule has 1 heterocycles. The van der Waals surface area contributed by atoms with Crippen molar-refractivity contribution in [1.29, 1.82) is 0 Å². The molecule has 1 N–H and O–H groups in total. The lowest BCUT2D eigenvalue weighted by atomic mass is 10.0. The Hall–Kier alpha value is -2.27. The highest BCUT2D eigenvalue weighted by Gasteiger charge is 2.32. The predicted octanol–water partition coefficient (Wildman–Crippen LogP) is 3.97. The summed E-state index contributed by atoms with van der Waals surface area (Å²) >= 11 is 0. The van der Waals surface area contributed by atoms with Gasteiger partial charge in [-0.1, -0.05) is 27.2 Å². The van der Waals surface area contributed by atoms with Gasteiger partial charge in [-0.15, -0.1) is 0 Å². The van der Waals surface area contributed by atoms with Crippen LogP contribution in [0.4, 0.5) is 5.69 Å². The van der Waals surface area contributed by atoms with Crippen LogP contribution >= 0.6 is 0 Å². The van der Waals surface area contributed by atoms with Crippen molar-refractivity contribution in [1.82, 2.24) is 8.61 Å². The molecule has 1 aliphatic rings. The number of carbonyl (C=O) groups excluding carboxylic acids is 1. The number of sulfonamides is 2. The Labute approximate surface area is 209 Å². The maximum absolute atomic E-state index is 13.1. The Kier molecular flexibility index (Phi) is 9.09. The number of anilines is 1. The summed E-state index contributed by atoms with van der Waals surface area (Å²) in [5, 5.41) is 3.02. The van der Waals surface area contributed by atoms with Gasteiger partial charge in [0.25, 0.3) is 0 Å². The summed E-state index contributed by atoms with van der Waals surface area (Å²) in [7, 11) is -7.13. The maximum atomic E-state index is 13.1. The van der Waals surface area contributed by atoms with Crippen molar-refractivity contribution in [3.8, 4) is 0 Å². The molecule has 0 spiro atoms. The van der Waals surface area contributed by atoms with E-state index in [0.29, 0.717) is 30.9 Å². The van der Waals surface area contributed by atoms with E-state index in [2.05, 4.69) is 5.32 Å². The first kappa shape index (κ1) is 27.3. The van der Waals surface area contributed by atoms with Crippen molar-refractivity contribution in [2.24, 2.45) is 0 Å². The van der Waals surface area contributed by atoms with Crippen LogP contribution in [0, 0.1) is 0 Å². The van der Waals surface area contributed by atoms with E-state index < -0.39 is 20.0 Å². The lowest BCUT2D eigenvalue weighted by molar-refractivity contribution is 0.101. The molecule has 1 fully saturated rings. The van der Waals surface area contributed by atoms with Crippen molar-refractivity contribution in [2.75, 3.05) is 31.5 Å². The molecular formula is C25H35N3O5S2. The average Bonchev–Trinajstić information content (AvgIpc) is 2.88. The van der Waals surface area contributed by atoms with Gasteiger partial charge >= 0.3 is 0 Å². The number of hydrogen-bond donors (Lipinski definition) is 1. The molecular weight excluding hydrogens is 486 g/mol. The van der Waals surface area contributed by atoms with Gasteiger partial charge in [-0.25, -0.2) is 16.8 Å². The number of carbonyl (C=O) groups is 1. The number of Topliss-reactive ketones (excluding diaryl/α,β-unsaturated/α-hetero) is 1. The largest absolute Gasteiger partial charge is 0.378 e. The van der Waals surface area contributed by atoms with Crippen molar-refractivity contribution < 1.29 is 21.6 Å². The van der Waals surface area contributed by atoms with E-state index in [4.69, 9.17) is 0 Å². The summed E-state index contributed by atoms with van der Waals surface area (Å²) < 4.78 is 54.4. The van der Waals surface area contributed by atoms with Crippen molar-refractivity contribution in [3.05, 3.63) is 54.1 Å². The smallest absolute Gasteiger partial charge is 0.243 e. The molecule has 0 saturated carbocycles. The second kappa shape index (κ2) is 11.6. The topological polar surface area (TPSA) is 104 Å². The van der Waals surface area contributed by atoms with Crippen molar-refractivity contribution in [3.63, 3.8) is 0 Å². The van der Waals surface area contributed by atoms with E-state index in [1.54, 1.807) is 42.4 Å². The molecule has 8 nitrogen and oxygen atoms in total. The molecule has 0 aliphatic carbocycles. The Morgan fingerprint density at radius 1 is 0.914 bits per heavy atom. The molecule has 1 aliphatic heterocycles. The Balaban J connectivity index is 1.64. The molecule has 1 atom stereocenters. The molecule has 0 amide bonds. The summed E-state index contributed by atoms with van der Waals surface area (Å²) in [6, 6.07) is 12.4. The quantitative estimate of drug-likeness (QED) is 0.449. The second-order valence-electron chi connectivity index (χ2n) is 8.59. The fraction of sp³-hybridized carbons (Fsp3) is 0.480. The summed E-state index contributed by atoms with van der Waals surface area (Å²) in [4.78, 5) is 13.0. The molecule has 1 unspecified atom stereocenters. The third-order valence-corrected chi connectivity index (χ3v) is 10.5. The van der Waals surface area contributed by atoms with Gasteiger partial charge in [-0.3, -0.25) is 4.79 Å². The first-order valence-electron chi connectivity index (χ1n) is 12.1. The summed E-state index contributed by atoms with van der Waals surface area (Å²) in [5.41, 5.74) is 1.02. The van der Waals surface area contributed by atoms with Gasteiger partial charge in [0.15, 0.2) is 5.78 Å². The number of nitrogens with zero attached hydrogens (tertiary/aromatic N) is 2. The van der Waals surface area contributed by atoms with Gasteiger partial charge in [0.05, 0.1) is 16.3 Å². The molecule has 1 saturated heterocycles. The summed E-state index contributed by atoms with van der Waals surface area (Å²) in [6.07, 6.45) is 3.61. The van der Waals surface area contributed by atoms with Gasteiger partial charge < -0.3 is 5.32 Å². The van der Waals surface area contributed by atoms with Crippen LogP contribution in [0.5, 0.6) is 0 Å². The SMILES string of the molecule is CCC1CCCCN1S(=O)(=O)c1ccc(NCC(=O)c2ccc(S(=O)(=O)N(CC)CC)cc2)cc1. The highest BCUT2D eigenvalue weighted by atomic mass is 32.2. The zero-order chi connectivity index (χ0) is 25.6. The number of piperidine rings is 1. The molecule has 0 radical (unpaired) electrons. The first-order chi connectivity index (χ1) is 16.6. The van der Waals surface area contributed by atoms with Crippen LogP contribution in [0.1, 0.15) is 56.8 Å². The van der Waals surface area contributed by atoms with E-state index in [1.165, 1.54) is 28.6 Å². The minimum Gasteiger partial charge on any atom is -0.378 e. The maximum Gasteiger partial charge on any atom is 0.243 e. The third-order valence-electron chi connectivity index (χ3n) is 6.48. The Bertz CT molecular complexity index is 1210. The molecule has 10 heteroatoms.